The SMILES string of the molecule is Cc1ccc(/C=C2\SC(=S)N(CCCC(=O)N3CCCc4ccccc43)C2=O)cc1. The van der Waals surface area contributed by atoms with Crippen molar-refractivity contribution < 1.29 is 9.59 Å². The van der Waals surface area contributed by atoms with Crippen LogP contribution in [-0.4, -0.2) is 34.1 Å². The van der Waals surface area contributed by atoms with Crippen molar-refractivity contribution >= 4 is 51.9 Å². The molecular formula is C24H24N2O2S2. The lowest BCUT2D eigenvalue weighted by Gasteiger charge is -2.29. The number of thiocarbonyl (C=S) groups is 1. The Labute approximate surface area is 186 Å². The molecule has 30 heavy (non-hydrogen) atoms. The maximum atomic E-state index is 12.8. The standard InChI is InChI=1S/C24H24N2O2S2/c1-17-10-12-18(13-11-17)16-21-23(28)26(24(29)30-21)15-5-9-22(27)25-14-4-7-19-6-2-3-8-20(19)25/h2-3,6,8,10-13,16H,4-5,7,9,14-15H2,1H3/b21-16-. The maximum Gasteiger partial charge on any atom is 0.266 e. The van der Waals surface area contributed by atoms with E-state index in [0.717, 1.165) is 30.6 Å². The van der Waals surface area contributed by atoms with Gasteiger partial charge in [0.15, 0.2) is 0 Å². The Balaban J connectivity index is 1.35. The Morgan fingerprint density at radius 1 is 1.17 bits per heavy atom. The molecule has 2 aromatic carbocycles. The van der Waals surface area contributed by atoms with Gasteiger partial charge in [-0.15, -0.1) is 0 Å². The summed E-state index contributed by atoms with van der Waals surface area (Å²) in [6.45, 7) is 3.26. The fourth-order valence-electron chi connectivity index (χ4n) is 3.82. The largest absolute Gasteiger partial charge is 0.312 e. The first-order chi connectivity index (χ1) is 14.5. The van der Waals surface area contributed by atoms with Gasteiger partial charge in [0, 0.05) is 25.2 Å². The van der Waals surface area contributed by atoms with E-state index in [0.29, 0.717) is 28.6 Å². The van der Waals surface area contributed by atoms with Crippen molar-refractivity contribution in [1.82, 2.24) is 4.90 Å². The van der Waals surface area contributed by atoms with E-state index in [1.54, 1.807) is 4.90 Å². The van der Waals surface area contributed by atoms with Crippen molar-refractivity contribution in [2.75, 3.05) is 18.0 Å². The molecule has 0 spiro atoms. The molecule has 2 heterocycles. The fraction of sp³-hybridized carbons (Fsp3) is 0.292. The highest BCUT2D eigenvalue weighted by molar-refractivity contribution is 8.26. The number of rotatable bonds is 5. The van der Waals surface area contributed by atoms with Crippen molar-refractivity contribution in [3.8, 4) is 0 Å². The smallest absolute Gasteiger partial charge is 0.266 e. The minimum Gasteiger partial charge on any atom is -0.312 e. The first kappa shape index (κ1) is 20.8. The van der Waals surface area contributed by atoms with Crippen molar-refractivity contribution in [2.45, 2.75) is 32.6 Å². The number of carbonyl (C=O) groups is 2. The number of nitrogens with zero attached hydrogens (tertiary/aromatic N) is 2. The second kappa shape index (κ2) is 9.14. The summed E-state index contributed by atoms with van der Waals surface area (Å²) in [4.78, 5) is 29.7. The van der Waals surface area contributed by atoms with E-state index in [1.165, 1.54) is 22.9 Å². The van der Waals surface area contributed by atoms with Crippen molar-refractivity contribution in [3.05, 3.63) is 70.1 Å². The van der Waals surface area contributed by atoms with E-state index in [-0.39, 0.29) is 11.8 Å². The van der Waals surface area contributed by atoms with E-state index < -0.39 is 0 Å². The molecule has 1 fully saturated rings. The van der Waals surface area contributed by atoms with Gasteiger partial charge >= 0.3 is 0 Å². The molecule has 0 atom stereocenters. The summed E-state index contributed by atoms with van der Waals surface area (Å²) in [5.74, 6) is 0.0455. The number of thioether (sulfide) groups is 1. The molecule has 6 heteroatoms. The second-order valence-corrected chi connectivity index (χ2v) is 9.30. The second-order valence-electron chi connectivity index (χ2n) is 7.63. The zero-order valence-electron chi connectivity index (χ0n) is 17.0. The highest BCUT2D eigenvalue weighted by atomic mass is 32.2. The third kappa shape index (κ3) is 4.50. The molecule has 0 bridgehead atoms. The fourth-order valence-corrected chi connectivity index (χ4v) is 5.13. The lowest BCUT2D eigenvalue weighted by Crippen LogP contribution is -2.36. The molecule has 4 nitrogen and oxygen atoms in total. The molecular weight excluding hydrogens is 412 g/mol. The number of aryl methyl sites for hydroxylation is 2. The summed E-state index contributed by atoms with van der Waals surface area (Å²) >= 11 is 6.75. The Kier molecular flexibility index (Phi) is 6.35. The lowest BCUT2D eigenvalue weighted by atomic mass is 10.0. The Hall–Kier alpha value is -2.44. The van der Waals surface area contributed by atoms with Gasteiger partial charge in [-0.25, -0.2) is 0 Å². The van der Waals surface area contributed by atoms with Crippen LogP contribution in [0.2, 0.25) is 0 Å². The van der Waals surface area contributed by atoms with Gasteiger partial charge < -0.3 is 4.90 Å². The summed E-state index contributed by atoms with van der Waals surface area (Å²) in [5, 5.41) is 0. The van der Waals surface area contributed by atoms with Crippen LogP contribution in [0.4, 0.5) is 5.69 Å². The molecule has 4 rings (SSSR count). The van der Waals surface area contributed by atoms with Crippen LogP contribution in [0.1, 0.15) is 36.0 Å². The molecule has 0 unspecified atom stereocenters. The Bertz CT molecular complexity index is 1010. The van der Waals surface area contributed by atoms with Crippen molar-refractivity contribution in [1.29, 1.82) is 0 Å². The Morgan fingerprint density at radius 3 is 2.73 bits per heavy atom. The summed E-state index contributed by atoms with van der Waals surface area (Å²) < 4.78 is 0.564. The Morgan fingerprint density at radius 2 is 1.93 bits per heavy atom. The molecule has 0 radical (unpaired) electrons. The third-order valence-electron chi connectivity index (χ3n) is 5.43. The topological polar surface area (TPSA) is 40.6 Å². The van der Waals surface area contributed by atoms with E-state index in [1.807, 2.05) is 60.4 Å². The molecule has 0 saturated carbocycles. The van der Waals surface area contributed by atoms with Crippen LogP contribution in [0.15, 0.2) is 53.4 Å². The molecule has 2 amide bonds. The monoisotopic (exact) mass is 436 g/mol. The zero-order valence-corrected chi connectivity index (χ0v) is 18.6. The first-order valence-corrected chi connectivity index (χ1v) is 11.5. The van der Waals surface area contributed by atoms with Crippen LogP contribution >= 0.6 is 24.0 Å². The number of anilines is 1. The number of fused-ring (bicyclic) bond motifs is 1. The highest BCUT2D eigenvalue weighted by Crippen LogP contribution is 2.33. The number of hydrogen-bond acceptors (Lipinski definition) is 4. The van der Waals surface area contributed by atoms with Gasteiger partial charge in [0.25, 0.3) is 5.91 Å². The number of para-hydroxylation sites is 1. The number of hydrogen-bond donors (Lipinski definition) is 0. The minimum absolute atomic E-state index is 0.0682. The molecule has 0 aliphatic carbocycles. The van der Waals surface area contributed by atoms with Crippen molar-refractivity contribution in [3.63, 3.8) is 0 Å². The van der Waals surface area contributed by atoms with E-state index >= 15 is 0 Å². The average molecular weight is 437 g/mol. The van der Waals surface area contributed by atoms with Crippen LogP contribution < -0.4 is 4.90 Å². The molecule has 2 aliphatic heterocycles. The molecule has 0 N–H and O–H groups in total. The summed E-state index contributed by atoms with van der Waals surface area (Å²) in [6.07, 6.45) is 4.89. The van der Waals surface area contributed by atoms with Gasteiger partial charge in [-0.05, 0) is 49.5 Å². The zero-order chi connectivity index (χ0) is 21.1. The van der Waals surface area contributed by atoms with E-state index in [2.05, 4.69) is 6.07 Å². The summed E-state index contributed by atoms with van der Waals surface area (Å²) in [6, 6.07) is 16.2. The quantitative estimate of drug-likeness (QED) is 0.491. The van der Waals surface area contributed by atoms with Gasteiger partial charge in [0.1, 0.15) is 4.32 Å². The number of amides is 2. The van der Waals surface area contributed by atoms with Crippen LogP contribution in [0.5, 0.6) is 0 Å². The normalized spacial score (nSPS) is 17.6. The van der Waals surface area contributed by atoms with Gasteiger partial charge in [-0.1, -0.05) is 72.0 Å². The predicted octanol–water partition coefficient (Wildman–Crippen LogP) is 4.96. The molecule has 0 aromatic heterocycles. The van der Waals surface area contributed by atoms with Crippen molar-refractivity contribution in [2.24, 2.45) is 0 Å². The number of benzene rings is 2. The highest BCUT2D eigenvalue weighted by Gasteiger charge is 2.32. The summed E-state index contributed by atoms with van der Waals surface area (Å²) in [7, 11) is 0. The van der Waals surface area contributed by atoms with Crippen LogP contribution in [-0.2, 0) is 16.0 Å². The molecule has 154 valence electrons. The van der Waals surface area contributed by atoms with Crippen LogP contribution in [0.25, 0.3) is 6.08 Å². The maximum absolute atomic E-state index is 12.8. The molecule has 2 aliphatic rings. The van der Waals surface area contributed by atoms with Gasteiger partial charge in [0.05, 0.1) is 4.91 Å². The van der Waals surface area contributed by atoms with Gasteiger partial charge in [0.2, 0.25) is 5.91 Å². The third-order valence-corrected chi connectivity index (χ3v) is 6.81. The summed E-state index contributed by atoms with van der Waals surface area (Å²) in [5.41, 5.74) is 4.43. The van der Waals surface area contributed by atoms with Gasteiger partial charge in [-0.2, -0.15) is 0 Å². The minimum atomic E-state index is -0.0682. The average Bonchev–Trinajstić information content (AvgIpc) is 3.02. The van der Waals surface area contributed by atoms with E-state index in [4.69, 9.17) is 12.2 Å². The molecule has 1 saturated heterocycles. The molecule has 2 aromatic rings. The van der Waals surface area contributed by atoms with Crippen LogP contribution in [0.3, 0.4) is 0 Å². The first-order valence-electron chi connectivity index (χ1n) is 10.2. The van der Waals surface area contributed by atoms with Crippen LogP contribution in [0, 0.1) is 6.92 Å². The lowest BCUT2D eigenvalue weighted by molar-refractivity contribution is -0.123. The number of carbonyl (C=O) groups excluding carboxylic acids is 2. The van der Waals surface area contributed by atoms with Gasteiger partial charge in [-0.3, -0.25) is 14.5 Å². The predicted molar refractivity (Wildman–Crippen MR) is 127 cm³/mol. The van der Waals surface area contributed by atoms with E-state index in [9.17, 15) is 9.59 Å².